The van der Waals surface area contributed by atoms with Crippen molar-refractivity contribution in [2.75, 3.05) is 21.3 Å². The zero-order valence-corrected chi connectivity index (χ0v) is 11.7. The molecular formula is C14H20O5. The zero-order chi connectivity index (χ0) is 14.4. The summed E-state index contributed by atoms with van der Waals surface area (Å²) in [6, 6.07) is 3.69. The molecule has 1 aromatic rings. The van der Waals surface area contributed by atoms with Crippen molar-refractivity contribution in [3.63, 3.8) is 0 Å². The molecule has 1 rings (SSSR count). The van der Waals surface area contributed by atoms with Crippen LogP contribution in [0.25, 0.3) is 0 Å². The van der Waals surface area contributed by atoms with E-state index in [9.17, 15) is 4.79 Å². The molecule has 0 spiro atoms. The fourth-order valence-electron chi connectivity index (χ4n) is 1.79. The van der Waals surface area contributed by atoms with Crippen LogP contribution >= 0.6 is 0 Å². The van der Waals surface area contributed by atoms with Gasteiger partial charge < -0.3 is 19.3 Å². The van der Waals surface area contributed by atoms with Gasteiger partial charge in [-0.05, 0) is 30.5 Å². The smallest absolute Gasteiger partial charge is 0.306 e. The molecule has 1 aromatic carbocycles. The first-order valence-electron chi connectivity index (χ1n) is 6.05. The maximum absolute atomic E-state index is 10.8. The summed E-state index contributed by atoms with van der Waals surface area (Å²) in [6.07, 6.45) is 1.21. The predicted octanol–water partition coefficient (Wildman–Crippen LogP) is 2.37. The van der Waals surface area contributed by atoms with Crippen molar-refractivity contribution < 1.29 is 24.1 Å². The van der Waals surface area contributed by atoms with Crippen molar-refractivity contribution in [1.82, 2.24) is 0 Å². The molecular weight excluding hydrogens is 248 g/mol. The highest BCUT2D eigenvalue weighted by Gasteiger charge is 2.15. The molecule has 0 heterocycles. The van der Waals surface area contributed by atoms with Gasteiger partial charge in [-0.3, -0.25) is 4.79 Å². The second kappa shape index (κ2) is 6.87. The molecule has 0 amide bonds. The Morgan fingerprint density at radius 1 is 1.16 bits per heavy atom. The number of carbonyl (C=O) groups is 1. The summed E-state index contributed by atoms with van der Waals surface area (Å²) in [6.45, 7) is 1.69. The molecule has 0 aromatic heterocycles. The summed E-state index contributed by atoms with van der Waals surface area (Å²) in [7, 11) is 4.66. The Balaban J connectivity index is 2.93. The molecule has 0 saturated carbocycles. The van der Waals surface area contributed by atoms with Crippen LogP contribution in [0, 0.1) is 5.92 Å². The number of carboxylic acid groups (broad SMARTS) is 1. The standard InChI is InChI=1S/C14H20O5/c1-9(14(15)16)5-6-10-7-11(17-2)13(19-4)12(8-10)18-3/h7-9H,5-6H2,1-4H3,(H,15,16). The lowest BCUT2D eigenvalue weighted by molar-refractivity contribution is -0.141. The Morgan fingerprint density at radius 2 is 1.68 bits per heavy atom. The first-order valence-corrected chi connectivity index (χ1v) is 6.05. The normalized spacial score (nSPS) is 11.8. The Hall–Kier alpha value is -1.91. The minimum absolute atomic E-state index is 0.376. The van der Waals surface area contributed by atoms with E-state index >= 15 is 0 Å². The lowest BCUT2D eigenvalue weighted by Gasteiger charge is -2.14. The minimum atomic E-state index is -0.785. The lowest BCUT2D eigenvalue weighted by Crippen LogP contribution is -2.10. The number of aliphatic carboxylic acids is 1. The number of carboxylic acids is 1. The summed E-state index contributed by atoms with van der Waals surface area (Å²) in [4.78, 5) is 10.8. The van der Waals surface area contributed by atoms with Crippen molar-refractivity contribution in [3.05, 3.63) is 17.7 Å². The van der Waals surface area contributed by atoms with Crippen LogP contribution in [0.3, 0.4) is 0 Å². The predicted molar refractivity (Wildman–Crippen MR) is 71.2 cm³/mol. The lowest BCUT2D eigenvalue weighted by atomic mass is 10.0. The largest absolute Gasteiger partial charge is 0.493 e. The number of hydrogen-bond donors (Lipinski definition) is 1. The molecule has 0 bridgehead atoms. The summed E-state index contributed by atoms with van der Waals surface area (Å²) in [5, 5.41) is 8.87. The molecule has 19 heavy (non-hydrogen) atoms. The van der Waals surface area contributed by atoms with E-state index in [1.165, 1.54) is 0 Å². The monoisotopic (exact) mass is 268 g/mol. The van der Waals surface area contributed by atoms with E-state index in [0.717, 1.165) is 5.56 Å². The highest BCUT2D eigenvalue weighted by atomic mass is 16.5. The van der Waals surface area contributed by atoms with Gasteiger partial charge in [0.05, 0.1) is 27.2 Å². The fourth-order valence-corrected chi connectivity index (χ4v) is 1.79. The molecule has 0 aliphatic heterocycles. The second-order valence-corrected chi connectivity index (χ2v) is 4.31. The minimum Gasteiger partial charge on any atom is -0.493 e. The van der Waals surface area contributed by atoms with E-state index in [1.54, 1.807) is 28.3 Å². The summed E-state index contributed by atoms with van der Waals surface area (Å²) in [5.41, 5.74) is 0.961. The maximum atomic E-state index is 10.8. The van der Waals surface area contributed by atoms with Gasteiger partial charge in [0, 0.05) is 0 Å². The third kappa shape index (κ3) is 3.77. The molecule has 0 radical (unpaired) electrons. The highest BCUT2D eigenvalue weighted by Crippen LogP contribution is 2.38. The summed E-state index contributed by atoms with van der Waals surface area (Å²) >= 11 is 0. The van der Waals surface area contributed by atoms with E-state index in [4.69, 9.17) is 19.3 Å². The first-order chi connectivity index (χ1) is 9.03. The Morgan fingerprint density at radius 3 is 2.05 bits per heavy atom. The number of rotatable bonds is 7. The molecule has 0 aliphatic rings. The van der Waals surface area contributed by atoms with Gasteiger partial charge in [-0.25, -0.2) is 0 Å². The van der Waals surface area contributed by atoms with Gasteiger partial charge in [0.15, 0.2) is 11.5 Å². The van der Waals surface area contributed by atoms with Crippen LogP contribution in [-0.4, -0.2) is 32.4 Å². The van der Waals surface area contributed by atoms with Crippen molar-refractivity contribution in [3.8, 4) is 17.2 Å². The maximum Gasteiger partial charge on any atom is 0.306 e. The van der Waals surface area contributed by atoms with Gasteiger partial charge in [0.1, 0.15) is 0 Å². The van der Waals surface area contributed by atoms with Crippen LogP contribution in [0.15, 0.2) is 12.1 Å². The van der Waals surface area contributed by atoms with Crippen LogP contribution in [0.1, 0.15) is 18.9 Å². The third-order valence-electron chi connectivity index (χ3n) is 3.01. The van der Waals surface area contributed by atoms with Gasteiger partial charge in [0.25, 0.3) is 0 Å². The van der Waals surface area contributed by atoms with Gasteiger partial charge >= 0.3 is 5.97 Å². The van der Waals surface area contributed by atoms with E-state index in [1.807, 2.05) is 12.1 Å². The van der Waals surface area contributed by atoms with Crippen LogP contribution in [-0.2, 0) is 11.2 Å². The Labute approximate surface area is 113 Å². The van der Waals surface area contributed by atoms with Crippen LogP contribution in [0.4, 0.5) is 0 Å². The number of methoxy groups -OCH3 is 3. The average molecular weight is 268 g/mol. The number of aryl methyl sites for hydroxylation is 1. The van der Waals surface area contributed by atoms with Gasteiger partial charge in [-0.2, -0.15) is 0 Å². The molecule has 5 nitrogen and oxygen atoms in total. The van der Waals surface area contributed by atoms with E-state index in [0.29, 0.717) is 30.1 Å². The highest BCUT2D eigenvalue weighted by molar-refractivity contribution is 5.69. The van der Waals surface area contributed by atoms with Gasteiger partial charge in [-0.15, -0.1) is 0 Å². The topological polar surface area (TPSA) is 65.0 Å². The summed E-state index contributed by atoms with van der Waals surface area (Å²) < 4.78 is 15.7. The quantitative estimate of drug-likeness (QED) is 0.822. The molecule has 1 unspecified atom stereocenters. The van der Waals surface area contributed by atoms with Crippen LogP contribution < -0.4 is 14.2 Å². The average Bonchev–Trinajstić information content (AvgIpc) is 2.42. The molecule has 1 atom stereocenters. The van der Waals surface area contributed by atoms with Gasteiger partial charge in [0.2, 0.25) is 5.75 Å². The van der Waals surface area contributed by atoms with Crippen molar-refractivity contribution in [1.29, 1.82) is 0 Å². The van der Waals surface area contributed by atoms with E-state index in [-0.39, 0.29) is 5.92 Å². The third-order valence-corrected chi connectivity index (χ3v) is 3.01. The fraction of sp³-hybridized carbons (Fsp3) is 0.500. The van der Waals surface area contributed by atoms with Gasteiger partial charge in [-0.1, -0.05) is 6.92 Å². The van der Waals surface area contributed by atoms with Crippen molar-refractivity contribution in [2.45, 2.75) is 19.8 Å². The van der Waals surface area contributed by atoms with Crippen LogP contribution in [0.2, 0.25) is 0 Å². The molecule has 1 N–H and O–H groups in total. The summed E-state index contributed by atoms with van der Waals surface area (Å²) in [5.74, 6) is 0.547. The zero-order valence-electron chi connectivity index (χ0n) is 11.7. The molecule has 0 saturated heterocycles. The van der Waals surface area contributed by atoms with E-state index in [2.05, 4.69) is 0 Å². The number of ether oxygens (including phenoxy) is 3. The Kier molecular flexibility index (Phi) is 5.48. The second-order valence-electron chi connectivity index (χ2n) is 4.31. The Bertz CT molecular complexity index is 416. The molecule has 0 aliphatic carbocycles. The molecule has 106 valence electrons. The van der Waals surface area contributed by atoms with Crippen molar-refractivity contribution in [2.24, 2.45) is 5.92 Å². The van der Waals surface area contributed by atoms with Crippen LogP contribution in [0.5, 0.6) is 17.2 Å². The number of benzene rings is 1. The molecule has 5 heteroatoms. The molecule has 0 fully saturated rings. The SMILES string of the molecule is COc1cc(CCC(C)C(=O)O)cc(OC)c1OC. The van der Waals surface area contributed by atoms with E-state index < -0.39 is 5.97 Å². The van der Waals surface area contributed by atoms with Crippen molar-refractivity contribution >= 4 is 5.97 Å². The first kappa shape index (κ1) is 15.1. The number of hydrogen-bond acceptors (Lipinski definition) is 4.